The number of nitrogens with two attached hydrogens (primary N) is 1. The number of aliphatic carboxylic acids is 1. The number of benzene rings is 1. The average molecular weight is 209 g/mol. The molecule has 0 aliphatic carbocycles. The van der Waals surface area contributed by atoms with Crippen LogP contribution in [-0.4, -0.2) is 22.2 Å². The first kappa shape index (κ1) is 11.7. The van der Waals surface area contributed by atoms with Gasteiger partial charge in [0.15, 0.2) is 0 Å². The number of hydrogen-bond donors (Lipinski definition) is 3. The molecule has 0 heterocycles. The third-order valence-electron chi connectivity index (χ3n) is 2.34. The molecular weight excluding hydrogens is 194 g/mol. The Labute approximate surface area is 88.3 Å². The fraction of sp³-hybridized carbons (Fsp3) is 0.364. The number of hydrogen-bond acceptors (Lipinski definition) is 3. The molecule has 4 N–H and O–H groups in total. The smallest absolute Gasteiger partial charge is 0.320 e. The first-order valence-corrected chi connectivity index (χ1v) is 4.74. The topological polar surface area (TPSA) is 83.5 Å². The summed E-state index contributed by atoms with van der Waals surface area (Å²) in [6, 6.07) is 6.28. The van der Waals surface area contributed by atoms with Crippen LogP contribution >= 0.6 is 0 Å². The molecule has 15 heavy (non-hydrogen) atoms. The second-order valence-electron chi connectivity index (χ2n) is 3.55. The molecule has 82 valence electrons. The highest BCUT2D eigenvalue weighted by Gasteiger charge is 2.18. The molecule has 0 aromatic heterocycles. The summed E-state index contributed by atoms with van der Waals surface area (Å²) in [5.74, 6) is -1.09. The van der Waals surface area contributed by atoms with Gasteiger partial charge in [-0.1, -0.05) is 24.3 Å². The van der Waals surface area contributed by atoms with E-state index in [1.54, 1.807) is 12.1 Å². The molecule has 0 saturated heterocycles. The summed E-state index contributed by atoms with van der Waals surface area (Å²) in [6.45, 7) is 1.87. The Balaban J connectivity index is 2.73. The first-order valence-electron chi connectivity index (χ1n) is 4.74. The lowest BCUT2D eigenvalue weighted by Gasteiger charge is -2.15. The Kier molecular flexibility index (Phi) is 3.82. The maximum Gasteiger partial charge on any atom is 0.320 e. The van der Waals surface area contributed by atoms with Gasteiger partial charge in [-0.05, 0) is 18.1 Å². The van der Waals surface area contributed by atoms with Gasteiger partial charge in [0.2, 0.25) is 0 Å². The Morgan fingerprint density at radius 1 is 1.47 bits per heavy atom. The number of carboxylic acid groups (broad SMARTS) is 1. The molecule has 0 bridgehead atoms. The van der Waals surface area contributed by atoms with Crippen LogP contribution in [0.5, 0.6) is 0 Å². The predicted octanol–water partition coefficient (Wildman–Crippen LogP) is 0.830. The second kappa shape index (κ2) is 4.91. The van der Waals surface area contributed by atoms with E-state index >= 15 is 0 Å². The van der Waals surface area contributed by atoms with E-state index in [-0.39, 0.29) is 6.42 Å². The monoisotopic (exact) mass is 209 g/mol. The summed E-state index contributed by atoms with van der Waals surface area (Å²) in [5, 5.41) is 18.4. The van der Waals surface area contributed by atoms with Gasteiger partial charge in [0.25, 0.3) is 0 Å². The summed E-state index contributed by atoms with van der Waals surface area (Å²) in [4.78, 5) is 10.5. The SMILES string of the molecule is Cc1ccccc1C(O)CC(N)C(=O)O. The van der Waals surface area contributed by atoms with Crippen LogP contribution in [0.1, 0.15) is 23.7 Å². The van der Waals surface area contributed by atoms with Crippen molar-refractivity contribution >= 4 is 5.97 Å². The Morgan fingerprint density at radius 2 is 2.07 bits per heavy atom. The molecule has 2 atom stereocenters. The number of aliphatic hydroxyl groups is 1. The minimum Gasteiger partial charge on any atom is -0.480 e. The largest absolute Gasteiger partial charge is 0.480 e. The molecule has 0 aliphatic heterocycles. The highest BCUT2D eigenvalue weighted by molar-refractivity contribution is 5.73. The summed E-state index contributed by atoms with van der Waals surface area (Å²) in [5.41, 5.74) is 7.01. The molecule has 0 radical (unpaired) electrons. The minimum atomic E-state index is -1.09. The van der Waals surface area contributed by atoms with Gasteiger partial charge in [-0.2, -0.15) is 0 Å². The highest BCUT2D eigenvalue weighted by Crippen LogP contribution is 2.20. The van der Waals surface area contributed by atoms with E-state index in [0.29, 0.717) is 0 Å². The van der Waals surface area contributed by atoms with Crippen molar-refractivity contribution in [3.8, 4) is 0 Å². The van der Waals surface area contributed by atoms with Crippen LogP contribution in [0.2, 0.25) is 0 Å². The van der Waals surface area contributed by atoms with Crippen LogP contribution in [0, 0.1) is 6.92 Å². The van der Waals surface area contributed by atoms with Gasteiger partial charge >= 0.3 is 5.97 Å². The molecule has 2 unspecified atom stereocenters. The fourth-order valence-electron chi connectivity index (χ4n) is 1.43. The lowest BCUT2D eigenvalue weighted by molar-refractivity contribution is -0.139. The van der Waals surface area contributed by atoms with Crippen LogP contribution in [0.4, 0.5) is 0 Å². The predicted molar refractivity (Wildman–Crippen MR) is 56.4 cm³/mol. The average Bonchev–Trinajstić information content (AvgIpc) is 2.18. The van der Waals surface area contributed by atoms with Gasteiger partial charge in [0.05, 0.1) is 6.10 Å². The Bertz CT molecular complexity index is 351. The lowest BCUT2D eigenvalue weighted by Crippen LogP contribution is -2.31. The molecule has 0 amide bonds. The molecular formula is C11H15NO3. The van der Waals surface area contributed by atoms with E-state index in [0.717, 1.165) is 11.1 Å². The van der Waals surface area contributed by atoms with Crippen molar-refractivity contribution in [3.63, 3.8) is 0 Å². The van der Waals surface area contributed by atoms with E-state index < -0.39 is 18.1 Å². The molecule has 0 fully saturated rings. The number of carbonyl (C=O) groups is 1. The number of aliphatic hydroxyl groups excluding tert-OH is 1. The third kappa shape index (κ3) is 3.04. The zero-order valence-corrected chi connectivity index (χ0v) is 8.55. The van der Waals surface area contributed by atoms with Crippen LogP contribution < -0.4 is 5.73 Å². The van der Waals surface area contributed by atoms with Gasteiger partial charge in [-0.15, -0.1) is 0 Å². The Morgan fingerprint density at radius 3 is 2.60 bits per heavy atom. The lowest BCUT2D eigenvalue weighted by atomic mass is 9.98. The number of aryl methyl sites for hydroxylation is 1. The molecule has 0 spiro atoms. The van der Waals surface area contributed by atoms with Crippen molar-refractivity contribution in [1.29, 1.82) is 0 Å². The standard InChI is InChI=1S/C11H15NO3/c1-7-4-2-3-5-8(7)10(13)6-9(12)11(14)15/h2-5,9-10,13H,6,12H2,1H3,(H,14,15). The zero-order chi connectivity index (χ0) is 11.4. The Hall–Kier alpha value is -1.39. The van der Waals surface area contributed by atoms with E-state index in [1.807, 2.05) is 19.1 Å². The van der Waals surface area contributed by atoms with Crippen molar-refractivity contribution in [2.45, 2.75) is 25.5 Å². The highest BCUT2D eigenvalue weighted by atomic mass is 16.4. The van der Waals surface area contributed by atoms with Crippen molar-refractivity contribution in [2.24, 2.45) is 5.73 Å². The fourth-order valence-corrected chi connectivity index (χ4v) is 1.43. The van der Waals surface area contributed by atoms with Crippen LogP contribution in [0.25, 0.3) is 0 Å². The molecule has 1 aromatic carbocycles. The summed E-state index contributed by atoms with van der Waals surface area (Å²) >= 11 is 0. The molecule has 4 nitrogen and oxygen atoms in total. The summed E-state index contributed by atoms with van der Waals surface area (Å²) < 4.78 is 0. The molecule has 0 saturated carbocycles. The van der Waals surface area contributed by atoms with Gasteiger partial charge < -0.3 is 15.9 Å². The number of rotatable bonds is 4. The van der Waals surface area contributed by atoms with Gasteiger partial charge in [0.1, 0.15) is 6.04 Å². The van der Waals surface area contributed by atoms with E-state index in [9.17, 15) is 9.90 Å². The second-order valence-corrected chi connectivity index (χ2v) is 3.55. The van der Waals surface area contributed by atoms with E-state index in [4.69, 9.17) is 10.8 Å². The van der Waals surface area contributed by atoms with Crippen LogP contribution in [-0.2, 0) is 4.79 Å². The quantitative estimate of drug-likeness (QED) is 0.685. The molecule has 4 heteroatoms. The third-order valence-corrected chi connectivity index (χ3v) is 2.34. The van der Waals surface area contributed by atoms with E-state index in [2.05, 4.69) is 0 Å². The van der Waals surface area contributed by atoms with Crippen molar-refractivity contribution < 1.29 is 15.0 Å². The molecule has 1 aromatic rings. The summed E-state index contributed by atoms with van der Waals surface area (Å²) in [7, 11) is 0. The number of carboxylic acids is 1. The van der Waals surface area contributed by atoms with Gasteiger partial charge in [-0.3, -0.25) is 4.79 Å². The van der Waals surface area contributed by atoms with E-state index in [1.165, 1.54) is 0 Å². The van der Waals surface area contributed by atoms with Gasteiger partial charge in [-0.25, -0.2) is 0 Å². The van der Waals surface area contributed by atoms with Gasteiger partial charge in [0, 0.05) is 6.42 Å². The molecule has 1 rings (SSSR count). The van der Waals surface area contributed by atoms with Crippen molar-refractivity contribution in [1.82, 2.24) is 0 Å². The minimum absolute atomic E-state index is 0.0280. The van der Waals surface area contributed by atoms with Crippen molar-refractivity contribution in [3.05, 3.63) is 35.4 Å². The van der Waals surface area contributed by atoms with Crippen LogP contribution in [0.15, 0.2) is 24.3 Å². The molecule has 0 aliphatic rings. The van der Waals surface area contributed by atoms with Crippen molar-refractivity contribution in [2.75, 3.05) is 0 Å². The maximum absolute atomic E-state index is 10.5. The summed E-state index contributed by atoms with van der Waals surface area (Å²) in [6.07, 6.45) is -0.794. The normalized spacial score (nSPS) is 14.6. The maximum atomic E-state index is 10.5. The first-order chi connectivity index (χ1) is 7.02. The van der Waals surface area contributed by atoms with Crippen LogP contribution in [0.3, 0.4) is 0 Å². The zero-order valence-electron chi connectivity index (χ0n) is 8.55.